The normalized spacial score (nSPS) is 10.7. The van der Waals surface area contributed by atoms with E-state index in [4.69, 9.17) is 5.84 Å². The number of benzene rings is 1. The Bertz CT molecular complexity index is 519. The second-order valence-corrected chi connectivity index (χ2v) is 5.03. The van der Waals surface area contributed by atoms with Gasteiger partial charge in [0, 0.05) is 18.2 Å². The minimum absolute atomic E-state index is 0.00969. The molecule has 2 N–H and O–H groups in total. The third kappa shape index (κ3) is 2.84. The number of nitrogens with two attached hydrogens (primary N) is 1. The molecule has 0 aliphatic heterocycles. The maximum Gasteiger partial charge on any atom is 0.236 e. The van der Waals surface area contributed by atoms with E-state index in [1.54, 1.807) is 18.4 Å². The van der Waals surface area contributed by atoms with Gasteiger partial charge in [-0.2, -0.15) is 0 Å². The fourth-order valence-corrected chi connectivity index (χ4v) is 2.83. The molecule has 0 aliphatic carbocycles. The standard InChI is InChI=1S/C13H16N2OS/c1-15(14)13(16)8-4-5-10-9-17-12-7-3-2-6-11(10)12/h2-3,6-7,9H,4-5,8,14H2,1H3. The largest absolute Gasteiger partial charge is 0.284 e. The molecule has 1 amide bonds. The molecule has 4 heteroatoms. The Hall–Kier alpha value is -1.39. The molecule has 90 valence electrons. The molecule has 0 atom stereocenters. The zero-order chi connectivity index (χ0) is 12.3. The van der Waals surface area contributed by atoms with Crippen LogP contribution in [0.4, 0.5) is 0 Å². The van der Waals surface area contributed by atoms with Gasteiger partial charge in [-0.15, -0.1) is 11.3 Å². The van der Waals surface area contributed by atoms with E-state index >= 15 is 0 Å². The van der Waals surface area contributed by atoms with E-state index in [9.17, 15) is 4.79 Å². The van der Waals surface area contributed by atoms with Crippen molar-refractivity contribution in [2.75, 3.05) is 7.05 Å². The highest BCUT2D eigenvalue weighted by atomic mass is 32.1. The molecule has 0 aliphatic rings. The van der Waals surface area contributed by atoms with Crippen LogP contribution in [-0.4, -0.2) is 18.0 Å². The molecule has 3 nitrogen and oxygen atoms in total. The lowest BCUT2D eigenvalue weighted by molar-refractivity contribution is -0.130. The lowest BCUT2D eigenvalue weighted by atomic mass is 10.1. The Morgan fingerprint density at radius 3 is 2.94 bits per heavy atom. The molecule has 0 radical (unpaired) electrons. The van der Waals surface area contributed by atoms with Crippen molar-refractivity contribution in [1.29, 1.82) is 0 Å². The van der Waals surface area contributed by atoms with Gasteiger partial charge in [0.15, 0.2) is 0 Å². The van der Waals surface area contributed by atoms with Gasteiger partial charge in [0.2, 0.25) is 5.91 Å². The number of nitrogens with zero attached hydrogens (tertiary/aromatic N) is 1. The molecule has 0 bridgehead atoms. The van der Waals surface area contributed by atoms with Crippen LogP contribution in [0.1, 0.15) is 18.4 Å². The summed E-state index contributed by atoms with van der Waals surface area (Å²) in [6.45, 7) is 0. The van der Waals surface area contributed by atoms with Gasteiger partial charge < -0.3 is 0 Å². The Kier molecular flexibility index (Phi) is 3.76. The lowest BCUT2D eigenvalue weighted by Crippen LogP contribution is -2.32. The molecule has 1 aromatic heterocycles. The third-order valence-corrected chi connectivity index (χ3v) is 3.80. The maximum atomic E-state index is 11.3. The summed E-state index contributed by atoms with van der Waals surface area (Å²) in [4.78, 5) is 11.3. The van der Waals surface area contributed by atoms with E-state index in [0.717, 1.165) is 17.9 Å². The quantitative estimate of drug-likeness (QED) is 0.513. The Labute approximate surface area is 105 Å². The van der Waals surface area contributed by atoms with Crippen molar-refractivity contribution < 1.29 is 4.79 Å². The summed E-state index contributed by atoms with van der Waals surface area (Å²) in [6, 6.07) is 8.37. The van der Waals surface area contributed by atoms with Crippen LogP contribution in [-0.2, 0) is 11.2 Å². The molecular weight excluding hydrogens is 232 g/mol. The van der Waals surface area contributed by atoms with Gasteiger partial charge >= 0.3 is 0 Å². The highest BCUT2D eigenvalue weighted by Gasteiger charge is 2.06. The van der Waals surface area contributed by atoms with Crippen molar-refractivity contribution in [2.24, 2.45) is 5.84 Å². The first-order valence-corrected chi connectivity index (χ1v) is 6.53. The topological polar surface area (TPSA) is 46.3 Å². The van der Waals surface area contributed by atoms with Crippen molar-refractivity contribution in [3.63, 3.8) is 0 Å². The van der Waals surface area contributed by atoms with Gasteiger partial charge in [-0.05, 0) is 35.2 Å². The van der Waals surface area contributed by atoms with Crippen molar-refractivity contribution in [3.05, 3.63) is 35.2 Å². The predicted molar refractivity (Wildman–Crippen MR) is 71.7 cm³/mol. The molecule has 2 aromatic rings. The van der Waals surface area contributed by atoms with Crippen LogP contribution < -0.4 is 5.84 Å². The Morgan fingerprint density at radius 1 is 1.41 bits per heavy atom. The fraction of sp³-hybridized carbons (Fsp3) is 0.308. The lowest BCUT2D eigenvalue weighted by Gasteiger charge is -2.08. The fourth-order valence-electron chi connectivity index (χ4n) is 1.83. The summed E-state index contributed by atoms with van der Waals surface area (Å²) < 4.78 is 1.31. The molecule has 1 aromatic carbocycles. The molecular formula is C13H16N2OS. The van der Waals surface area contributed by atoms with E-state index in [0.29, 0.717) is 6.42 Å². The number of aryl methyl sites for hydroxylation is 1. The summed E-state index contributed by atoms with van der Waals surface area (Å²) in [5.74, 6) is 5.36. The number of rotatable bonds is 4. The summed E-state index contributed by atoms with van der Waals surface area (Å²) in [5, 5.41) is 4.65. The van der Waals surface area contributed by atoms with Gasteiger partial charge in [0.25, 0.3) is 0 Å². The zero-order valence-corrected chi connectivity index (χ0v) is 10.7. The molecule has 0 fully saturated rings. The predicted octanol–water partition coefficient (Wildman–Crippen LogP) is 2.56. The van der Waals surface area contributed by atoms with Crippen molar-refractivity contribution in [2.45, 2.75) is 19.3 Å². The van der Waals surface area contributed by atoms with E-state index < -0.39 is 0 Å². The van der Waals surface area contributed by atoms with Gasteiger partial charge in [-0.1, -0.05) is 18.2 Å². The van der Waals surface area contributed by atoms with Crippen LogP contribution in [0.5, 0.6) is 0 Å². The van der Waals surface area contributed by atoms with Crippen LogP contribution in [0.2, 0.25) is 0 Å². The second kappa shape index (κ2) is 5.29. The maximum absolute atomic E-state index is 11.3. The average molecular weight is 248 g/mol. The third-order valence-electron chi connectivity index (χ3n) is 2.79. The number of amides is 1. The first-order valence-electron chi connectivity index (χ1n) is 5.65. The van der Waals surface area contributed by atoms with Crippen molar-refractivity contribution >= 4 is 27.3 Å². The minimum Gasteiger partial charge on any atom is -0.284 e. The smallest absolute Gasteiger partial charge is 0.236 e. The number of thiophene rings is 1. The number of carbonyl (C=O) groups excluding carboxylic acids is 1. The zero-order valence-electron chi connectivity index (χ0n) is 9.85. The number of hydrogen-bond donors (Lipinski definition) is 1. The summed E-state index contributed by atoms with van der Waals surface area (Å²) in [6.07, 6.45) is 2.29. The van der Waals surface area contributed by atoms with Gasteiger partial charge in [0.05, 0.1) is 0 Å². The molecule has 0 saturated carbocycles. The summed E-state index contributed by atoms with van der Waals surface area (Å²) in [5.41, 5.74) is 1.33. The summed E-state index contributed by atoms with van der Waals surface area (Å²) in [7, 11) is 1.59. The molecule has 2 rings (SSSR count). The van der Waals surface area contributed by atoms with Crippen LogP contribution in [0.15, 0.2) is 29.6 Å². The van der Waals surface area contributed by atoms with Crippen LogP contribution in [0, 0.1) is 0 Å². The first-order chi connectivity index (χ1) is 8.18. The number of hydrazine groups is 1. The van der Waals surface area contributed by atoms with Gasteiger partial charge in [0.1, 0.15) is 0 Å². The van der Waals surface area contributed by atoms with Crippen LogP contribution >= 0.6 is 11.3 Å². The van der Waals surface area contributed by atoms with Crippen LogP contribution in [0.25, 0.3) is 10.1 Å². The van der Waals surface area contributed by atoms with Gasteiger partial charge in [-0.3, -0.25) is 9.80 Å². The monoisotopic (exact) mass is 248 g/mol. The number of hydrogen-bond acceptors (Lipinski definition) is 3. The van der Waals surface area contributed by atoms with E-state index in [1.807, 2.05) is 0 Å². The molecule has 0 spiro atoms. The number of fused-ring (bicyclic) bond motifs is 1. The van der Waals surface area contributed by atoms with Crippen molar-refractivity contribution in [1.82, 2.24) is 5.01 Å². The highest BCUT2D eigenvalue weighted by molar-refractivity contribution is 7.17. The first kappa shape index (κ1) is 12.1. The molecule has 17 heavy (non-hydrogen) atoms. The minimum atomic E-state index is -0.00969. The van der Waals surface area contributed by atoms with E-state index in [1.165, 1.54) is 15.6 Å². The summed E-state index contributed by atoms with van der Waals surface area (Å²) >= 11 is 1.76. The van der Waals surface area contributed by atoms with Crippen molar-refractivity contribution in [3.8, 4) is 0 Å². The Morgan fingerprint density at radius 2 is 2.18 bits per heavy atom. The highest BCUT2D eigenvalue weighted by Crippen LogP contribution is 2.26. The van der Waals surface area contributed by atoms with E-state index in [2.05, 4.69) is 29.6 Å². The molecule has 0 saturated heterocycles. The Balaban J connectivity index is 1.98. The average Bonchev–Trinajstić information content (AvgIpc) is 2.72. The van der Waals surface area contributed by atoms with Gasteiger partial charge in [-0.25, -0.2) is 5.84 Å². The SMILES string of the molecule is CN(N)C(=O)CCCc1csc2ccccc12. The molecule has 1 heterocycles. The van der Waals surface area contributed by atoms with Crippen LogP contribution in [0.3, 0.4) is 0 Å². The van der Waals surface area contributed by atoms with E-state index in [-0.39, 0.29) is 5.91 Å². The second-order valence-electron chi connectivity index (χ2n) is 4.12. The number of carbonyl (C=O) groups is 1. The molecule has 0 unspecified atom stereocenters.